The van der Waals surface area contributed by atoms with Gasteiger partial charge in [0.25, 0.3) is 0 Å². The number of phenols is 1. The van der Waals surface area contributed by atoms with Crippen molar-refractivity contribution < 1.29 is 5.11 Å². The summed E-state index contributed by atoms with van der Waals surface area (Å²) in [4.78, 5) is 0. The van der Waals surface area contributed by atoms with Crippen LogP contribution in [-0.4, -0.2) is 29.5 Å². The van der Waals surface area contributed by atoms with Crippen LogP contribution >= 0.6 is 23.2 Å². The second-order valence-electron chi connectivity index (χ2n) is 2.01. The van der Waals surface area contributed by atoms with Gasteiger partial charge >= 0.3 is 83.9 Å². The van der Waals surface area contributed by atoms with E-state index < -0.39 is 0 Å². The van der Waals surface area contributed by atoms with Crippen LogP contribution in [0.1, 0.15) is 0 Å². The molecule has 1 aromatic rings. The molecular weight excluding hydrogens is 274 g/mol. The molecule has 1 aromatic carbocycles. The number of benzene rings is 1. The number of hydrogen-bond acceptors (Lipinski definition) is 1. The Bertz CT molecular complexity index is 235. The Labute approximate surface area is 83.5 Å². The van der Waals surface area contributed by atoms with E-state index in [-0.39, 0.29) is 30.1 Å². The molecule has 0 aromatic heterocycles. The van der Waals surface area contributed by atoms with Crippen LogP contribution in [0.2, 0.25) is 10.0 Å². The minimum atomic E-state index is 0.198. The summed E-state index contributed by atoms with van der Waals surface area (Å²) >= 11 is 11.6. The third kappa shape index (κ3) is 1.55. The van der Waals surface area contributed by atoms with Gasteiger partial charge in [-0.05, 0) is 0 Å². The molecular formula is C6H5Cl2InO. The van der Waals surface area contributed by atoms with Gasteiger partial charge in [0.05, 0.1) is 0 Å². The Balaban J connectivity index is 3.34. The van der Waals surface area contributed by atoms with Crippen LogP contribution in [0, 0.1) is 0 Å². The first-order chi connectivity index (χ1) is 4.63. The van der Waals surface area contributed by atoms with Gasteiger partial charge < -0.3 is 0 Å². The monoisotopic (exact) mass is 278 g/mol. The van der Waals surface area contributed by atoms with Crippen LogP contribution in [0.4, 0.5) is 0 Å². The number of hydrogen-bond donors (Lipinski definition) is 1. The average Bonchev–Trinajstić information content (AvgIpc) is 1.93. The third-order valence-electron chi connectivity index (χ3n) is 1.31. The molecule has 0 aliphatic heterocycles. The van der Waals surface area contributed by atoms with Crippen LogP contribution in [0.3, 0.4) is 0 Å². The Morgan fingerprint density at radius 3 is 2.40 bits per heavy atom. The van der Waals surface area contributed by atoms with Gasteiger partial charge in [-0.1, -0.05) is 0 Å². The fraction of sp³-hybridized carbons (Fsp3) is 0. The quantitative estimate of drug-likeness (QED) is 0.750. The van der Waals surface area contributed by atoms with Gasteiger partial charge in [-0.15, -0.1) is 0 Å². The molecule has 1 nitrogen and oxygen atoms in total. The summed E-state index contributed by atoms with van der Waals surface area (Å²) in [6, 6.07) is 3.17. The molecule has 0 heterocycles. The SMILES string of the molecule is Oc1ccc(Cl)c(Cl)[c]1[InH2]. The summed E-state index contributed by atoms with van der Waals surface area (Å²) < 4.78 is 0.830. The molecule has 0 aliphatic rings. The molecule has 0 spiro atoms. The van der Waals surface area contributed by atoms with Gasteiger partial charge in [0.1, 0.15) is 0 Å². The first kappa shape index (κ1) is 8.57. The van der Waals surface area contributed by atoms with E-state index >= 15 is 0 Å². The molecule has 0 bridgehead atoms. The standard InChI is InChI=1S/C6H3Cl2O.In.2H/c7-5-2-1-4(9)3-6(5)8;;;/h1-2,9H;;;. The average molecular weight is 279 g/mol. The summed E-state index contributed by atoms with van der Waals surface area (Å²) in [5.41, 5.74) is 0. The number of phenolic OH excluding ortho intramolecular Hbond substituents is 1. The molecule has 0 amide bonds. The second-order valence-corrected chi connectivity index (χ2v) is 5.64. The van der Waals surface area contributed by atoms with Gasteiger partial charge in [-0.25, -0.2) is 0 Å². The van der Waals surface area contributed by atoms with E-state index in [1.165, 1.54) is 0 Å². The molecule has 10 heavy (non-hydrogen) atoms. The van der Waals surface area contributed by atoms with Crippen LogP contribution in [0.5, 0.6) is 5.75 Å². The van der Waals surface area contributed by atoms with Crippen LogP contribution in [0.15, 0.2) is 12.1 Å². The topological polar surface area (TPSA) is 20.2 Å². The molecule has 1 rings (SSSR count). The first-order valence-electron chi connectivity index (χ1n) is 2.76. The molecule has 52 valence electrons. The van der Waals surface area contributed by atoms with Gasteiger partial charge in [0.2, 0.25) is 0 Å². The van der Waals surface area contributed by atoms with E-state index in [4.69, 9.17) is 28.3 Å². The molecule has 1 N–H and O–H groups in total. The fourth-order valence-electron chi connectivity index (χ4n) is 0.642. The molecule has 0 fully saturated rings. The zero-order valence-electron chi connectivity index (χ0n) is 5.36. The summed E-state index contributed by atoms with van der Waals surface area (Å²) in [6.45, 7) is 0. The van der Waals surface area contributed by atoms with Crippen LogP contribution in [-0.2, 0) is 0 Å². The van der Waals surface area contributed by atoms with Crippen molar-refractivity contribution in [2.24, 2.45) is 0 Å². The van der Waals surface area contributed by atoms with Gasteiger partial charge in [-0.3, -0.25) is 0 Å². The number of aromatic hydroxyl groups is 1. The first-order valence-corrected chi connectivity index (χ1v) is 6.37. The number of halogens is 2. The van der Waals surface area contributed by atoms with Crippen LogP contribution < -0.4 is 3.32 Å². The normalized spacial score (nSPS) is 9.80. The maximum absolute atomic E-state index is 9.13. The summed E-state index contributed by atoms with van der Waals surface area (Å²) in [5.74, 6) is 0.269. The molecule has 4 heteroatoms. The zero-order valence-corrected chi connectivity index (χ0v) is 12.6. The molecule has 0 saturated carbocycles. The van der Waals surface area contributed by atoms with Gasteiger partial charge in [0.15, 0.2) is 0 Å². The predicted molar refractivity (Wildman–Crippen MR) is 46.3 cm³/mol. The Kier molecular flexibility index (Phi) is 2.78. The van der Waals surface area contributed by atoms with E-state index in [1.54, 1.807) is 12.1 Å². The van der Waals surface area contributed by atoms with E-state index in [1.807, 2.05) is 0 Å². The van der Waals surface area contributed by atoms with Crippen molar-refractivity contribution in [3.8, 4) is 5.75 Å². The predicted octanol–water partition coefficient (Wildman–Crippen LogP) is 0.957. The summed E-state index contributed by atoms with van der Waals surface area (Å²) in [5, 5.41) is 10.2. The third-order valence-corrected chi connectivity index (χ3v) is 6.00. The second kappa shape index (κ2) is 3.24. The zero-order chi connectivity index (χ0) is 7.72. The van der Waals surface area contributed by atoms with Crippen molar-refractivity contribution in [3.63, 3.8) is 0 Å². The van der Waals surface area contributed by atoms with Crippen molar-refractivity contribution in [2.45, 2.75) is 0 Å². The van der Waals surface area contributed by atoms with Crippen molar-refractivity contribution in [2.75, 3.05) is 0 Å². The fourth-order valence-corrected chi connectivity index (χ4v) is 2.70. The molecule has 0 aliphatic carbocycles. The van der Waals surface area contributed by atoms with Crippen molar-refractivity contribution in [1.29, 1.82) is 0 Å². The Hall–Kier alpha value is 0.470. The van der Waals surface area contributed by atoms with Crippen molar-refractivity contribution in [1.82, 2.24) is 0 Å². The molecule has 0 saturated heterocycles. The Morgan fingerprint density at radius 2 is 1.90 bits per heavy atom. The summed E-state index contributed by atoms with van der Waals surface area (Å²) in [7, 11) is 0. The van der Waals surface area contributed by atoms with Crippen molar-refractivity contribution in [3.05, 3.63) is 22.2 Å². The van der Waals surface area contributed by atoms with E-state index in [9.17, 15) is 0 Å². The van der Waals surface area contributed by atoms with Gasteiger partial charge in [0, 0.05) is 0 Å². The van der Waals surface area contributed by atoms with Crippen LogP contribution in [0.25, 0.3) is 0 Å². The summed E-state index contributed by atoms with van der Waals surface area (Å²) in [6.07, 6.45) is 0. The van der Waals surface area contributed by atoms with E-state index in [2.05, 4.69) is 0 Å². The Morgan fingerprint density at radius 1 is 1.30 bits per heavy atom. The minimum absolute atomic E-state index is 0.198. The maximum atomic E-state index is 9.13. The van der Waals surface area contributed by atoms with Crippen molar-refractivity contribution >= 4 is 50.9 Å². The molecule has 0 radical (unpaired) electrons. The van der Waals surface area contributed by atoms with E-state index in [0.717, 1.165) is 3.32 Å². The van der Waals surface area contributed by atoms with E-state index in [0.29, 0.717) is 10.0 Å². The number of rotatable bonds is 0. The molecule has 0 unspecified atom stereocenters. The molecule has 0 atom stereocenters. The van der Waals surface area contributed by atoms with Gasteiger partial charge in [-0.2, -0.15) is 0 Å².